The number of aliphatic hydroxyl groups is 1. The standard InChI is InChI=1S/C20H24N2O4/c1-4-15(23)17-18(22(10-7-11-26-3)20(25)19(17)24)16-12(2)21-14-9-6-5-8-13(14)16/h5-6,8-9,18,21,24H,4,7,10-11H2,1-3H3. The molecule has 1 aromatic carbocycles. The van der Waals surface area contributed by atoms with E-state index in [0.29, 0.717) is 19.6 Å². The molecule has 2 N–H and O–H groups in total. The van der Waals surface area contributed by atoms with Gasteiger partial charge in [0.15, 0.2) is 11.5 Å². The summed E-state index contributed by atoms with van der Waals surface area (Å²) in [4.78, 5) is 30.2. The lowest BCUT2D eigenvalue weighted by molar-refractivity contribution is -0.129. The number of ether oxygens (including phenoxy) is 1. The van der Waals surface area contributed by atoms with Crippen LogP contribution >= 0.6 is 0 Å². The second-order valence-corrected chi connectivity index (χ2v) is 6.50. The number of fused-ring (bicyclic) bond motifs is 1. The number of carbonyl (C=O) groups is 2. The fourth-order valence-electron chi connectivity index (χ4n) is 3.69. The van der Waals surface area contributed by atoms with Gasteiger partial charge in [-0.15, -0.1) is 0 Å². The molecule has 1 aliphatic heterocycles. The van der Waals surface area contributed by atoms with Gasteiger partial charge >= 0.3 is 0 Å². The number of amides is 1. The second-order valence-electron chi connectivity index (χ2n) is 6.50. The summed E-state index contributed by atoms with van der Waals surface area (Å²) in [5, 5.41) is 11.4. The normalized spacial score (nSPS) is 17.6. The van der Waals surface area contributed by atoms with Crippen LogP contribution in [0, 0.1) is 6.92 Å². The monoisotopic (exact) mass is 356 g/mol. The van der Waals surface area contributed by atoms with Crippen LogP contribution < -0.4 is 0 Å². The third-order valence-corrected chi connectivity index (χ3v) is 4.89. The molecule has 1 unspecified atom stereocenters. The molecule has 2 aromatic rings. The number of rotatable bonds is 7. The summed E-state index contributed by atoms with van der Waals surface area (Å²) in [6.45, 7) is 4.57. The highest BCUT2D eigenvalue weighted by Crippen LogP contribution is 2.42. The molecule has 0 spiro atoms. The fraction of sp³-hybridized carbons (Fsp3) is 0.400. The van der Waals surface area contributed by atoms with E-state index in [1.54, 1.807) is 18.9 Å². The highest BCUT2D eigenvalue weighted by Gasteiger charge is 2.44. The second kappa shape index (κ2) is 7.33. The number of para-hydroxylation sites is 1. The first kappa shape index (κ1) is 18.2. The summed E-state index contributed by atoms with van der Waals surface area (Å²) in [6, 6.07) is 7.21. The third-order valence-electron chi connectivity index (χ3n) is 4.89. The molecule has 26 heavy (non-hydrogen) atoms. The maximum atomic E-state index is 12.7. The van der Waals surface area contributed by atoms with Crippen LogP contribution in [-0.2, 0) is 14.3 Å². The number of H-pyrrole nitrogens is 1. The third kappa shape index (κ3) is 2.90. The van der Waals surface area contributed by atoms with Crippen LogP contribution in [0.25, 0.3) is 10.9 Å². The van der Waals surface area contributed by atoms with Gasteiger partial charge in [-0.3, -0.25) is 9.59 Å². The topological polar surface area (TPSA) is 82.6 Å². The van der Waals surface area contributed by atoms with Crippen molar-refractivity contribution in [1.82, 2.24) is 9.88 Å². The van der Waals surface area contributed by atoms with Crippen LogP contribution in [0.15, 0.2) is 35.6 Å². The van der Waals surface area contributed by atoms with Gasteiger partial charge in [0, 0.05) is 48.8 Å². The minimum Gasteiger partial charge on any atom is -0.503 e. The van der Waals surface area contributed by atoms with Crippen molar-refractivity contribution in [2.45, 2.75) is 32.7 Å². The highest BCUT2D eigenvalue weighted by atomic mass is 16.5. The number of Topliss-reactive ketones (excluding diaryl/α,β-unsaturated/α-hetero) is 1. The van der Waals surface area contributed by atoms with Crippen molar-refractivity contribution in [1.29, 1.82) is 0 Å². The van der Waals surface area contributed by atoms with Crippen molar-refractivity contribution in [3.63, 3.8) is 0 Å². The molecule has 6 heteroatoms. The average Bonchev–Trinajstić information content (AvgIpc) is 3.09. The first-order valence-electron chi connectivity index (χ1n) is 8.84. The van der Waals surface area contributed by atoms with E-state index < -0.39 is 17.7 Å². The number of aromatic nitrogens is 1. The number of methoxy groups -OCH3 is 1. The number of aliphatic hydroxyl groups excluding tert-OH is 1. The number of aryl methyl sites for hydroxylation is 1. The van der Waals surface area contributed by atoms with Crippen LogP contribution in [0.3, 0.4) is 0 Å². The number of benzene rings is 1. The Bertz CT molecular complexity index is 881. The molecule has 3 rings (SSSR count). The molecule has 0 saturated heterocycles. The zero-order chi connectivity index (χ0) is 18.8. The molecular weight excluding hydrogens is 332 g/mol. The molecule has 0 saturated carbocycles. The average molecular weight is 356 g/mol. The highest BCUT2D eigenvalue weighted by molar-refractivity contribution is 6.09. The Labute approximate surface area is 152 Å². The summed E-state index contributed by atoms with van der Waals surface area (Å²) in [5.41, 5.74) is 2.89. The maximum absolute atomic E-state index is 12.7. The molecule has 1 atom stereocenters. The molecule has 138 valence electrons. The van der Waals surface area contributed by atoms with Gasteiger partial charge in [0.05, 0.1) is 11.6 Å². The van der Waals surface area contributed by atoms with Gasteiger partial charge in [-0.2, -0.15) is 0 Å². The molecule has 0 fully saturated rings. The van der Waals surface area contributed by atoms with E-state index in [0.717, 1.165) is 22.2 Å². The molecule has 0 radical (unpaired) electrons. The zero-order valence-corrected chi connectivity index (χ0v) is 15.3. The predicted octanol–water partition coefficient (Wildman–Crippen LogP) is 3.19. The molecule has 2 heterocycles. The van der Waals surface area contributed by atoms with E-state index in [-0.39, 0.29) is 17.8 Å². The van der Waals surface area contributed by atoms with Crippen LogP contribution in [0.2, 0.25) is 0 Å². The minimum absolute atomic E-state index is 0.197. The van der Waals surface area contributed by atoms with Gasteiger partial charge in [0.2, 0.25) is 0 Å². The van der Waals surface area contributed by atoms with Crippen LogP contribution in [0.5, 0.6) is 0 Å². The largest absolute Gasteiger partial charge is 0.503 e. The van der Waals surface area contributed by atoms with Gasteiger partial charge in [-0.05, 0) is 19.4 Å². The van der Waals surface area contributed by atoms with Gasteiger partial charge in [0.25, 0.3) is 5.91 Å². The predicted molar refractivity (Wildman–Crippen MR) is 98.9 cm³/mol. The van der Waals surface area contributed by atoms with E-state index in [1.807, 2.05) is 31.2 Å². The van der Waals surface area contributed by atoms with E-state index in [2.05, 4.69) is 4.98 Å². The van der Waals surface area contributed by atoms with Crippen LogP contribution in [-0.4, -0.2) is 46.9 Å². The smallest absolute Gasteiger partial charge is 0.290 e. The number of nitrogens with one attached hydrogen (secondary N) is 1. The Morgan fingerprint density at radius 2 is 2.08 bits per heavy atom. The number of hydrogen-bond acceptors (Lipinski definition) is 4. The Hall–Kier alpha value is -2.60. The molecular formula is C20H24N2O4. The van der Waals surface area contributed by atoms with Crippen molar-refractivity contribution >= 4 is 22.6 Å². The molecule has 1 amide bonds. The molecule has 0 bridgehead atoms. The molecule has 6 nitrogen and oxygen atoms in total. The first-order chi connectivity index (χ1) is 12.5. The van der Waals surface area contributed by atoms with Crippen LogP contribution in [0.1, 0.15) is 37.1 Å². The van der Waals surface area contributed by atoms with Gasteiger partial charge in [-0.1, -0.05) is 25.1 Å². The Morgan fingerprint density at radius 1 is 1.35 bits per heavy atom. The van der Waals surface area contributed by atoms with Crippen molar-refractivity contribution in [3.8, 4) is 0 Å². The summed E-state index contributed by atoms with van der Waals surface area (Å²) in [5.74, 6) is -1.13. The summed E-state index contributed by atoms with van der Waals surface area (Å²) >= 11 is 0. The van der Waals surface area contributed by atoms with Gasteiger partial charge in [-0.25, -0.2) is 0 Å². The van der Waals surface area contributed by atoms with Gasteiger partial charge in [0.1, 0.15) is 0 Å². The summed E-state index contributed by atoms with van der Waals surface area (Å²) in [7, 11) is 1.61. The lowest BCUT2D eigenvalue weighted by atomic mass is 9.93. The van der Waals surface area contributed by atoms with E-state index >= 15 is 0 Å². The lowest BCUT2D eigenvalue weighted by Crippen LogP contribution is -2.32. The Kier molecular flexibility index (Phi) is 5.13. The summed E-state index contributed by atoms with van der Waals surface area (Å²) < 4.78 is 5.09. The minimum atomic E-state index is -0.581. The van der Waals surface area contributed by atoms with Crippen molar-refractivity contribution in [2.75, 3.05) is 20.3 Å². The lowest BCUT2D eigenvalue weighted by Gasteiger charge is -2.27. The quantitative estimate of drug-likeness (QED) is 0.747. The number of hydrogen-bond donors (Lipinski definition) is 2. The van der Waals surface area contributed by atoms with E-state index in [1.165, 1.54) is 0 Å². The maximum Gasteiger partial charge on any atom is 0.290 e. The number of carbonyl (C=O) groups excluding carboxylic acids is 2. The summed E-state index contributed by atoms with van der Waals surface area (Å²) in [6.07, 6.45) is 0.859. The van der Waals surface area contributed by atoms with Crippen molar-refractivity contribution in [2.24, 2.45) is 0 Å². The zero-order valence-electron chi connectivity index (χ0n) is 15.3. The Morgan fingerprint density at radius 3 is 2.77 bits per heavy atom. The van der Waals surface area contributed by atoms with Crippen LogP contribution in [0.4, 0.5) is 0 Å². The Balaban J connectivity index is 2.15. The fourth-order valence-corrected chi connectivity index (χ4v) is 3.69. The van der Waals surface area contributed by atoms with Crippen molar-refractivity contribution in [3.05, 3.63) is 46.9 Å². The number of ketones is 1. The molecule has 1 aliphatic rings. The number of aromatic amines is 1. The SMILES string of the molecule is CCC(=O)C1=C(O)C(=O)N(CCCOC)C1c1c(C)[nH]c2ccccc12. The van der Waals surface area contributed by atoms with E-state index in [4.69, 9.17) is 4.74 Å². The van der Waals surface area contributed by atoms with E-state index in [9.17, 15) is 14.7 Å². The van der Waals surface area contributed by atoms with Gasteiger partial charge < -0.3 is 19.7 Å². The molecule has 0 aliphatic carbocycles. The molecule has 1 aromatic heterocycles. The first-order valence-corrected chi connectivity index (χ1v) is 8.84. The van der Waals surface area contributed by atoms with Crippen molar-refractivity contribution < 1.29 is 19.4 Å². The number of nitrogens with zero attached hydrogens (tertiary/aromatic N) is 1.